The van der Waals surface area contributed by atoms with Crippen molar-refractivity contribution in [3.8, 4) is 16.2 Å². The zero-order valence-electron chi connectivity index (χ0n) is 27.1. The molecule has 3 aliphatic rings. The average molecular weight is 670 g/mol. The van der Waals surface area contributed by atoms with Crippen molar-refractivity contribution >= 4 is 29.0 Å². The number of likely N-dealkylation sites (tertiary alicyclic amines) is 1. The Morgan fingerprint density at radius 1 is 1.15 bits per heavy atom. The van der Waals surface area contributed by atoms with Gasteiger partial charge in [0.2, 0.25) is 11.8 Å². The minimum atomic E-state index is -0.833. The summed E-state index contributed by atoms with van der Waals surface area (Å²) in [5.41, 5.74) is 4.50. The van der Waals surface area contributed by atoms with Crippen LogP contribution < -0.4 is 15.0 Å². The molecule has 47 heavy (non-hydrogen) atoms. The van der Waals surface area contributed by atoms with Crippen molar-refractivity contribution in [2.45, 2.75) is 64.5 Å². The first-order chi connectivity index (χ1) is 22.8. The lowest BCUT2D eigenvalue weighted by molar-refractivity contribution is -0.141. The molecule has 2 aromatic heterocycles. The lowest BCUT2D eigenvalue weighted by Crippen LogP contribution is -2.48. The van der Waals surface area contributed by atoms with Gasteiger partial charge in [0, 0.05) is 50.7 Å². The van der Waals surface area contributed by atoms with E-state index in [4.69, 9.17) is 23.5 Å². The summed E-state index contributed by atoms with van der Waals surface area (Å²) < 4.78 is 28.4. The van der Waals surface area contributed by atoms with E-state index < -0.39 is 18.1 Å². The molecule has 0 saturated carbocycles. The van der Waals surface area contributed by atoms with Gasteiger partial charge in [-0.2, -0.15) is 0 Å². The Kier molecular flexibility index (Phi) is 10.7. The van der Waals surface area contributed by atoms with Crippen molar-refractivity contribution in [2.24, 2.45) is 5.92 Å². The Bertz CT molecular complexity index is 1520. The number of thiazole rings is 1. The lowest BCUT2D eigenvalue weighted by Gasteiger charge is -2.29. The molecule has 0 bridgehead atoms. The molecule has 13 nitrogen and oxygen atoms in total. The van der Waals surface area contributed by atoms with E-state index in [0.717, 1.165) is 21.7 Å². The normalized spacial score (nSPS) is 21.0. The maximum atomic E-state index is 14.0. The van der Waals surface area contributed by atoms with Crippen molar-refractivity contribution in [1.82, 2.24) is 20.4 Å². The van der Waals surface area contributed by atoms with Crippen LogP contribution in [-0.2, 0) is 30.3 Å². The van der Waals surface area contributed by atoms with Crippen LogP contribution >= 0.6 is 11.3 Å². The summed E-state index contributed by atoms with van der Waals surface area (Å²) in [5.74, 6) is 0.336. The van der Waals surface area contributed by atoms with E-state index in [-0.39, 0.29) is 43.5 Å². The maximum absolute atomic E-state index is 14.0. The molecule has 3 aliphatic heterocycles. The number of aliphatic hydroxyl groups is 1. The zero-order chi connectivity index (χ0) is 32.9. The molecular formula is C33H43N5O8S. The Morgan fingerprint density at radius 2 is 1.94 bits per heavy atom. The largest absolute Gasteiger partial charge is 0.493 e. The third kappa shape index (κ3) is 7.78. The van der Waals surface area contributed by atoms with Crippen LogP contribution in [0.4, 0.5) is 5.82 Å². The number of aryl methyl sites for hydroxylation is 1. The van der Waals surface area contributed by atoms with Gasteiger partial charge in [-0.15, -0.1) is 11.3 Å². The second-order valence-corrected chi connectivity index (χ2v) is 13.3. The quantitative estimate of drug-likeness (QED) is 0.293. The van der Waals surface area contributed by atoms with Crippen molar-refractivity contribution < 1.29 is 38.2 Å². The molecule has 2 amide bonds. The predicted octanol–water partition coefficient (Wildman–Crippen LogP) is 3.10. The molecule has 14 heteroatoms. The number of carbonyl (C=O) groups is 2. The third-order valence-electron chi connectivity index (χ3n) is 8.78. The SMILES string of the molecule is Cc1ncsc1-c1ccc(CNC(=O)[C@@H]2C[C@@H](O)CN2C(=O)C(c2cc(N3CCOCC3)no2)C(C)C)c(OCCC2OCCO2)c1. The minimum absolute atomic E-state index is 0.0627. The minimum Gasteiger partial charge on any atom is -0.493 e. The molecule has 6 rings (SSSR count). The van der Waals surface area contributed by atoms with Crippen LogP contribution in [0, 0.1) is 12.8 Å². The zero-order valence-corrected chi connectivity index (χ0v) is 27.9. The highest BCUT2D eigenvalue weighted by molar-refractivity contribution is 7.13. The van der Waals surface area contributed by atoms with Crippen LogP contribution in [0.1, 0.15) is 49.6 Å². The Hall–Kier alpha value is -3.56. The number of rotatable bonds is 12. The molecule has 3 aromatic rings. The summed E-state index contributed by atoms with van der Waals surface area (Å²) in [4.78, 5) is 36.7. The number of carbonyl (C=O) groups excluding carboxylic acids is 2. The van der Waals surface area contributed by atoms with Crippen LogP contribution in [0.25, 0.3) is 10.4 Å². The lowest BCUT2D eigenvalue weighted by atomic mass is 9.91. The van der Waals surface area contributed by atoms with E-state index in [1.807, 2.05) is 44.5 Å². The summed E-state index contributed by atoms with van der Waals surface area (Å²) in [6.45, 7) is 10.2. The monoisotopic (exact) mass is 669 g/mol. The van der Waals surface area contributed by atoms with Crippen LogP contribution in [-0.4, -0.2) is 103 Å². The number of morpholine rings is 1. The van der Waals surface area contributed by atoms with Gasteiger partial charge < -0.3 is 43.7 Å². The van der Waals surface area contributed by atoms with Gasteiger partial charge in [0.1, 0.15) is 17.7 Å². The average Bonchev–Trinajstić information content (AvgIpc) is 3.89. The van der Waals surface area contributed by atoms with Crippen LogP contribution in [0.5, 0.6) is 5.75 Å². The number of aromatic nitrogens is 2. The third-order valence-corrected chi connectivity index (χ3v) is 9.76. The molecule has 0 aliphatic carbocycles. The Morgan fingerprint density at radius 3 is 2.66 bits per heavy atom. The molecule has 254 valence electrons. The highest BCUT2D eigenvalue weighted by Gasteiger charge is 2.43. The van der Waals surface area contributed by atoms with E-state index in [1.54, 1.807) is 17.4 Å². The topological polar surface area (TPSA) is 149 Å². The fraction of sp³-hybridized carbons (Fsp3) is 0.576. The highest BCUT2D eigenvalue weighted by atomic mass is 32.1. The van der Waals surface area contributed by atoms with Crippen molar-refractivity contribution in [3.05, 3.63) is 46.8 Å². The second-order valence-electron chi connectivity index (χ2n) is 12.4. The number of ether oxygens (including phenoxy) is 4. The number of nitrogens with one attached hydrogen (secondary N) is 1. The van der Waals surface area contributed by atoms with Gasteiger partial charge in [0.15, 0.2) is 17.9 Å². The van der Waals surface area contributed by atoms with Crippen molar-refractivity contribution in [2.75, 3.05) is 57.6 Å². The first-order valence-corrected chi connectivity index (χ1v) is 17.1. The van der Waals surface area contributed by atoms with Gasteiger partial charge in [-0.05, 0) is 24.5 Å². The molecular weight excluding hydrogens is 626 g/mol. The van der Waals surface area contributed by atoms with E-state index >= 15 is 0 Å². The Labute approximate surface area is 278 Å². The van der Waals surface area contributed by atoms with Crippen molar-refractivity contribution in [1.29, 1.82) is 0 Å². The molecule has 1 unspecified atom stereocenters. The van der Waals surface area contributed by atoms with E-state index in [2.05, 4.69) is 20.4 Å². The number of nitrogens with zero attached hydrogens (tertiary/aromatic N) is 4. The number of hydrogen-bond donors (Lipinski definition) is 2. The fourth-order valence-corrected chi connectivity index (χ4v) is 7.08. The fourth-order valence-electron chi connectivity index (χ4n) is 6.28. The molecule has 0 radical (unpaired) electrons. The molecule has 3 saturated heterocycles. The summed E-state index contributed by atoms with van der Waals surface area (Å²) in [6.07, 6.45) is -0.392. The number of β-amino-alcohol motifs (C(OH)–C–C–N with tert-alkyl or cyclic N) is 1. The molecule has 3 atom stereocenters. The van der Waals surface area contributed by atoms with Gasteiger partial charge in [-0.3, -0.25) is 9.59 Å². The Balaban J connectivity index is 1.15. The second kappa shape index (κ2) is 15.1. The van der Waals surface area contributed by atoms with Gasteiger partial charge in [0.25, 0.3) is 0 Å². The van der Waals surface area contributed by atoms with Crippen LogP contribution in [0.2, 0.25) is 0 Å². The molecule has 3 fully saturated rings. The van der Waals surface area contributed by atoms with Gasteiger partial charge in [0.05, 0.1) is 55.2 Å². The number of amides is 2. The summed E-state index contributed by atoms with van der Waals surface area (Å²) in [5, 5.41) is 17.9. The van der Waals surface area contributed by atoms with Gasteiger partial charge >= 0.3 is 0 Å². The van der Waals surface area contributed by atoms with Crippen LogP contribution in [0.3, 0.4) is 0 Å². The summed E-state index contributed by atoms with van der Waals surface area (Å²) in [7, 11) is 0. The first-order valence-electron chi connectivity index (χ1n) is 16.2. The number of aliphatic hydroxyl groups excluding tert-OH is 1. The van der Waals surface area contributed by atoms with E-state index in [9.17, 15) is 14.7 Å². The first kappa shape index (κ1) is 33.3. The smallest absolute Gasteiger partial charge is 0.243 e. The van der Waals surface area contributed by atoms with E-state index in [1.165, 1.54) is 4.90 Å². The molecule has 2 N–H and O–H groups in total. The molecule has 5 heterocycles. The highest BCUT2D eigenvalue weighted by Crippen LogP contribution is 2.34. The standard InChI is InChI=1S/C33H43N5O8S/c1-20(2)30(27-16-28(36-46-27)37-7-10-42-11-8-37)33(41)38-18-24(39)15-25(38)32(40)34-17-23-5-4-22(31-21(3)35-19-47-31)14-26(23)43-9-6-29-44-12-13-45-29/h4-5,14,16,19-20,24-25,29-30,39H,6-13,15,17-18H2,1-3H3,(H,34,40)/t24-,25+,30?/m1/s1. The summed E-state index contributed by atoms with van der Waals surface area (Å²) in [6, 6.07) is 6.86. The predicted molar refractivity (Wildman–Crippen MR) is 173 cm³/mol. The van der Waals surface area contributed by atoms with Crippen molar-refractivity contribution in [3.63, 3.8) is 0 Å². The molecule has 1 aromatic carbocycles. The summed E-state index contributed by atoms with van der Waals surface area (Å²) >= 11 is 1.56. The van der Waals surface area contributed by atoms with Gasteiger partial charge in [-0.1, -0.05) is 31.1 Å². The van der Waals surface area contributed by atoms with Crippen LogP contribution in [0.15, 0.2) is 34.3 Å². The number of hydrogen-bond acceptors (Lipinski definition) is 12. The maximum Gasteiger partial charge on any atom is 0.243 e. The molecule has 0 spiro atoms. The van der Waals surface area contributed by atoms with Gasteiger partial charge in [-0.25, -0.2) is 4.98 Å². The van der Waals surface area contributed by atoms with E-state index in [0.29, 0.717) is 69.9 Å². The number of benzene rings is 1. The number of anilines is 1.